The third-order valence-corrected chi connectivity index (χ3v) is 1.44. The molecule has 0 spiro atoms. The highest BCUT2D eigenvalue weighted by atomic mass is 14.8. The number of hydrogen-bond donors (Lipinski definition) is 0. The second kappa shape index (κ2) is 8.10. The van der Waals surface area contributed by atoms with Crippen LogP contribution in [0.5, 0.6) is 0 Å². The van der Waals surface area contributed by atoms with Crippen molar-refractivity contribution in [2.24, 2.45) is 5.92 Å². The van der Waals surface area contributed by atoms with Crippen LogP contribution >= 0.6 is 0 Å². The van der Waals surface area contributed by atoms with Crippen LogP contribution in [0.2, 0.25) is 0 Å². The first-order chi connectivity index (χ1) is 7.20. The van der Waals surface area contributed by atoms with Crippen LogP contribution in [0.1, 0.15) is 34.6 Å². The fourth-order valence-electron chi connectivity index (χ4n) is 0.980. The van der Waals surface area contributed by atoms with Gasteiger partial charge < -0.3 is 4.40 Å². The van der Waals surface area contributed by atoms with Crippen molar-refractivity contribution in [3.8, 4) is 0 Å². The predicted molar refractivity (Wildman–Crippen MR) is 69.3 cm³/mol. The second-order valence-corrected chi connectivity index (χ2v) is 3.77. The Balaban J connectivity index is 0.000000282. The van der Waals surface area contributed by atoms with Crippen molar-refractivity contribution in [1.82, 2.24) is 4.40 Å². The smallest absolute Gasteiger partial charge is 0.0449 e. The summed E-state index contributed by atoms with van der Waals surface area (Å²) in [5.41, 5.74) is 1.25. The molecule has 0 bridgehead atoms. The topological polar surface area (TPSA) is 4.41 Å². The van der Waals surface area contributed by atoms with Gasteiger partial charge >= 0.3 is 0 Å². The minimum atomic E-state index is 0.833. The van der Waals surface area contributed by atoms with Crippen LogP contribution < -0.4 is 0 Å². The second-order valence-electron chi connectivity index (χ2n) is 3.77. The maximum atomic E-state index is 2.17. The van der Waals surface area contributed by atoms with Crippen LogP contribution in [0, 0.1) is 5.92 Å². The quantitative estimate of drug-likeness (QED) is 0.590. The monoisotopic (exact) mass is 205 g/mol. The molecule has 2 rings (SSSR count). The molecule has 1 heteroatoms. The van der Waals surface area contributed by atoms with Crippen LogP contribution in [0.15, 0.2) is 42.7 Å². The van der Waals surface area contributed by atoms with Crippen molar-refractivity contribution < 1.29 is 0 Å². The molecule has 15 heavy (non-hydrogen) atoms. The van der Waals surface area contributed by atoms with Crippen LogP contribution in [-0.2, 0) is 0 Å². The van der Waals surface area contributed by atoms with Gasteiger partial charge in [-0.15, -0.1) is 0 Å². The number of fused-ring (bicyclic) bond motifs is 1. The summed E-state index contributed by atoms with van der Waals surface area (Å²) in [4.78, 5) is 0. The van der Waals surface area contributed by atoms with E-state index in [4.69, 9.17) is 0 Å². The molecule has 0 atom stereocenters. The number of pyridine rings is 1. The van der Waals surface area contributed by atoms with Crippen LogP contribution in [0.4, 0.5) is 0 Å². The third-order valence-electron chi connectivity index (χ3n) is 1.44. The van der Waals surface area contributed by atoms with Crippen molar-refractivity contribution in [1.29, 1.82) is 0 Å². The Kier molecular flexibility index (Phi) is 7.43. The number of nitrogens with zero attached hydrogens (tertiary/aromatic N) is 1. The van der Waals surface area contributed by atoms with Crippen LogP contribution in [0.3, 0.4) is 0 Å². The van der Waals surface area contributed by atoms with E-state index in [-0.39, 0.29) is 0 Å². The fourth-order valence-corrected chi connectivity index (χ4v) is 0.980. The molecule has 0 N–H and O–H groups in total. The first kappa shape index (κ1) is 13.8. The molecule has 84 valence electrons. The molecule has 1 nitrogen and oxygen atoms in total. The zero-order valence-electron chi connectivity index (χ0n) is 10.6. The van der Waals surface area contributed by atoms with E-state index in [1.54, 1.807) is 0 Å². The molecule has 0 fully saturated rings. The molecule has 0 saturated heterocycles. The van der Waals surface area contributed by atoms with Crippen molar-refractivity contribution in [2.45, 2.75) is 34.6 Å². The molecule has 0 unspecified atom stereocenters. The summed E-state index contributed by atoms with van der Waals surface area (Å²) in [5.74, 6) is 0.833. The molecule has 2 heterocycles. The summed E-state index contributed by atoms with van der Waals surface area (Å²) in [7, 11) is 0. The lowest BCUT2D eigenvalue weighted by Gasteiger charge is -1.88. The lowest BCUT2D eigenvalue weighted by atomic mass is 10.3. The maximum absolute atomic E-state index is 2.17. The zero-order valence-corrected chi connectivity index (χ0v) is 10.6. The molecular weight excluding hydrogens is 182 g/mol. The third kappa shape index (κ3) is 5.95. The Bertz CT molecular complexity index is 314. The Morgan fingerprint density at radius 1 is 0.867 bits per heavy atom. The standard InChI is InChI=1S/C8H7N.C4H10.C2H6/c1-2-6-9-7-3-5-8(9)4-1;1-4(2)3;1-2/h1-7H;4H,1-3H3;1-2H3. The number of hydrogen-bond acceptors (Lipinski definition) is 0. The molecule has 0 aliphatic rings. The van der Waals surface area contributed by atoms with Gasteiger partial charge in [-0.25, -0.2) is 0 Å². The normalized spacial score (nSPS) is 8.93. The number of rotatable bonds is 0. The van der Waals surface area contributed by atoms with Gasteiger partial charge in [0, 0.05) is 17.9 Å². The van der Waals surface area contributed by atoms with Gasteiger partial charge in [0.15, 0.2) is 0 Å². The highest BCUT2D eigenvalue weighted by Gasteiger charge is 1.83. The SMILES string of the molecule is CC.CC(C)C.c1ccn2cccc2c1. The summed E-state index contributed by atoms with van der Waals surface area (Å²) >= 11 is 0. The molecule has 0 radical (unpaired) electrons. The van der Waals surface area contributed by atoms with Crippen molar-refractivity contribution in [3.63, 3.8) is 0 Å². The minimum Gasteiger partial charge on any atom is -0.324 e. The summed E-state index contributed by atoms with van der Waals surface area (Å²) in [5, 5.41) is 0. The highest BCUT2D eigenvalue weighted by molar-refractivity contribution is 5.46. The van der Waals surface area contributed by atoms with Gasteiger partial charge in [-0.2, -0.15) is 0 Å². The Labute approximate surface area is 93.8 Å². The van der Waals surface area contributed by atoms with E-state index in [2.05, 4.69) is 37.3 Å². The highest BCUT2D eigenvalue weighted by Crippen LogP contribution is 2.01. The molecular formula is C14H23N. The first-order valence-electron chi connectivity index (χ1n) is 5.72. The predicted octanol–water partition coefficient (Wildman–Crippen LogP) is 4.63. The van der Waals surface area contributed by atoms with Crippen molar-refractivity contribution >= 4 is 5.52 Å². The van der Waals surface area contributed by atoms with Crippen molar-refractivity contribution in [3.05, 3.63) is 42.7 Å². The molecule has 2 aromatic heterocycles. The number of aromatic nitrogens is 1. The van der Waals surface area contributed by atoms with E-state index in [1.165, 1.54) is 5.52 Å². The zero-order chi connectivity index (χ0) is 11.7. The molecule has 0 aromatic carbocycles. The summed E-state index contributed by atoms with van der Waals surface area (Å²) in [6, 6.07) is 10.3. The molecule has 0 saturated carbocycles. The Hall–Kier alpha value is -1.24. The molecule has 0 aliphatic carbocycles. The van der Waals surface area contributed by atoms with E-state index in [1.807, 2.05) is 44.4 Å². The Morgan fingerprint density at radius 2 is 1.33 bits per heavy atom. The van der Waals surface area contributed by atoms with Gasteiger partial charge in [-0.3, -0.25) is 0 Å². The summed E-state index contributed by atoms with van der Waals surface area (Å²) < 4.78 is 2.08. The van der Waals surface area contributed by atoms with E-state index >= 15 is 0 Å². The largest absolute Gasteiger partial charge is 0.324 e. The van der Waals surface area contributed by atoms with Gasteiger partial charge in [0.25, 0.3) is 0 Å². The van der Waals surface area contributed by atoms with Gasteiger partial charge in [-0.05, 0) is 30.2 Å². The molecule has 0 aliphatic heterocycles. The molecule has 2 aromatic rings. The van der Waals surface area contributed by atoms with Crippen LogP contribution in [0.25, 0.3) is 5.52 Å². The molecule has 0 amide bonds. The lowest BCUT2D eigenvalue weighted by Crippen LogP contribution is -1.75. The minimum absolute atomic E-state index is 0.833. The summed E-state index contributed by atoms with van der Waals surface area (Å²) in [6.45, 7) is 10.5. The average Bonchev–Trinajstić information content (AvgIpc) is 2.67. The van der Waals surface area contributed by atoms with Gasteiger partial charge in [0.1, 0.15) is 0 Å². The maximum Gasteiger partial charge on any atom is 0.0449 e. The summed E-state index contributed by atoms with van der Waals surface area (Å²) in [6.07, 6.45) is 4.07. The van der Waals surface area contributed by atoms with E-state index in [9.17, 15) is 0 Å². The van der Waals surface area contributed by atoms with Gasteiger partial charge in [-0.1, -0.05) is 40.7 Å². The Morgan fingerprint density at radius 3 is 1.87 bits per heavy atom. The van der Waals surface area contributed by atoms with Crippen molar-refractivity contribution in [2.75, 3.05) is 0 Å². The van der Waals surface area contributed by atoms with Gasteiger partial charge in [0.05, 0.1) is 0 Å². The first-order valence-corrected chi connectivity index (χ1v) is 5.72. The fraction of sp³-hybridized carbons (Fsp3) is 0.429. The average molecular weight is 205 g/mol. The van der Waals surface area contributed by atoms with E-state index in [0.717, 1.165) is 5.92 Å². The van der Waals surface area contributed by atoms with Crippen LogP contribution in [-0.4, -0.2) is 4.40 Å². The van der Waals surface area contributed by atoms with E-state index < -0.39 is 0 Å². The lowest BCUT2D eigenvalue weighted by molar-refractivity contribution is 0.737. The van der Waals surface area contributed by atoms with E-state index in [0.29, 0.717) is 0 Å². The van der Waals surface area contributed by atoms with Gasteiger partial charge in [0.2, 0.25) is 0 Å².